The van der Waals surface area contributed by atoms with Crippen molar-refractivity contribution in [1.29, 1.82) is 0 Å². The van der Waals surface area contributed by atoms with E-state index in [4.69, 9.17) is 14.2 Å². The molecule has 3 atom stereocenters. The molecule has 0 aliphatic carbocycles. The minimum absolute atomic E-state index is 0.201. The molecule has 2 saturated heterocycles. The number of nitrogens with zero attached hydrogens (tertiary/aromatic N) is 1. The van der Waals surface area contributed by atoms with Gasteiger partial charge in [0.15, 0.2) is 5.79 Å². The Bertz CT molecular complexity index is 234. The van der Waals surface area contributed by atoms with Crippen LogP contribution in [0.3, 0.4) is 0 Å². The second-order valence-corrected chi connectivity index (χ2v) is 5.43. The fraction of sp³-hybridized carbons (Fsp3) is 1.00. The first-order valence-corrected chi connectivity index (χ1v) is 6.14. The lowest BCUT2D eigenvalue weighted by atomic mass is 10.2. The van der Waals surface area contributed by atoms with Crippen LogP contribution in [-0.2, 0) is 14.2 Å². The van der Waals surface area contributed by atoms with E-state index in [1.54, 1.807) is 0 Å². The highest BCUT2D eigenvalue weighted by Crippen LogP contribution is 2.23. The van der Waals surface area contributed by atoms with Crippen molar-refractivity contribution in [3.05, 3.63) is 0 Å². The number of rotatable bonds is 2. The molecule has 2 heterocycles. The van der Waals surface area contributed by atoms with Crippen LogP contribution in [-0.4, -0.2) is 55.2 Å². The Balaban J connectivity index is 1.81. The molecule has 0 aromatic heterocycles. The van der Waals surface area contributed by atoms with Gasteiger partial charge < -0.3 is 14.2 Å². The monoisotopic (exact) mass is 229 g/mol. The van der Waals surface area contributed by atoms with Gasteiger partial charge in [0.25, 0.3) is 0 Å². The number of hydrogen-bond donors (Lipinski definition) is 0. The molecule has 0 N–H and O–H groups in total. The summed E-state index contributed by atoms with van der Waals surface area (Å²) >= 11 is 0. The minimum Gasteiger partial charge on any atom is -0.373 e. The maximum Gasteiger partial charge on any atom is 0.163 e. The van der Waals surface area contributed by atoms with Gasteiger partial charge in [-0.1, -0.05) is 0 Å². The lowest BCUT2D eigenvalue weighted by Crippen LogP contribution is -2.48. The molecule has 2 aliphatic heterocycles. The molecule has 4 heteroatoms. The zero-order valence-corrected chi connectivity index (χ0v) is 10.7. The van der Waals surface area contributed by atoms with Crippen LogP contribution in [0.25, 0.3) is 0 Å². The molecule has 0 unspecified atom stereocenters. The maximum absolute atomic E-state index is 5.82. The Labute approximate surface area is 97.8 Å². The average Bonchev–Trinajstić information content (AvgIpc) is 2.43. The molecule has 0 radical (unpaired) electrons. The van der Waals surface area contributed by atoms with Gasteiger partial charge in [0.05, 0.1) is 24.9 Å². The van der Waals surface area contributed by atoms with Crippen LogP contribution < -0.4 is 0 Å². The van der Waals surface area contributed by atoms with Gasteiger partial charge in [-0.2, -0.15) is 0 Å². The highest BCUT2D eigenvalue weighted by atomic mass is 16.7. The molecule has 0 bridgehead atoms. The van der Waals surface area contributed by atoms with Gasteiger partial charge in [-0.05, 0) is 27.7 Å². The Morgan fingerprint density at radius 1 is 1.19 bits per heavy atom. The molecular formula is C12H23NO3. The molecule has 0 aromatic rings. The van der Waals surface area contributed by atoms with Crippen molar-refractivity contribution >= 4 is 0 Å². The smallest absolute Gasteiger partial charge is 0.163 e. The van der Waals surface area contributed by atoms with Gasteiger partial charge in [0, 0.05) is 19.6 Å². The van der Waals surface area contributed by atoms with Gasteiger partial charge in [-0.25, -0.2) is 0 Å². The van der Waals surface area contributed by atoms with Gasteiger partial charge in [0.2, 0.25) is 0 Å². The third-order valence-corrected chi connectivity index (χ3v) is 3.02. The van der Waals surface area contributed by atoms with Crippen LogP contribution in [0, 0.1) is 0 Å². The van der Waals surface area contributed by atoms with E-state index in [-0.39, 0.29) is 6.10 Å². The van der Waals surface area contributed by atoms with Crippen molar-refractivity contribution < 1.29 is 14.2 Å². The second kappa shape index (κ2) is 4.61. The highest BCUT2D eigenvalue weighted by molar-refractivity contribution is 4.79. The van der Waals surface area contributed by atoms with E-state index in [1.165, 1.54) is 0 Å². The van der Waals surface area contributed by atoms with Crippen molar-refractivity contribution in [1.82, 2.24) is 4.90 Å². The van der Waals surface area contributed by atoms with E-state index in [2.05, 4.69) is 18.7 Å². The van der Waals surface area contributed by atoms with E-state index < -0.39 is 5.79 Å². The Kier molecular flexibility index (Phi) is 3.54. The molecule has 0 aromatic carbocycles. The summed E-state index contributed by atoms with van der Waals surface area (Å²) in [6, 6.07) is 0. The highest BCUT2D eigenvalue weighted by Gasteiger charge is 2.34. The minimum atomic E-state index is -0.409. The van der Waals surface area contributed by atoms with E-state index in [9.17, 15) is 0 Å². The Hall–Kier alpha value is -0.160. The standard InChI is InChI=1S/C12H23NO3/c1-9-5-13(6-10(2)15-9)7-11-8-14-12(3,4)16-11/h9-11H,5-8H2,1-4H3/t9-,10+,11-/m1/s1. The van der Waals surface area contributed by atoms with Crippen molar-refractivity contribution in [2.24, 2.45) is 0 Å². The first-order valence-electron chi connectivity index (χ1n) is 6.14. The van der Waals surface area contributed by atoms with Crippen LogP contribution >= 0.6 is 0 Å². The van der Waals surface area contributed by atoms with Gasteiger partial charge in [0.1, 0.15) is 0 Å². The van der Waals surface area contributed by atoms with Crippen LogP contribution in [0.2, 0.25) is 0 Å². The molecule has 0 saturated carbocycles. The summed E-state index contributed by atoms with van der Waals surface area (Å²) in [6.07, 6.45) is 0.839. The molecule has 2 fully saturated rings. The van der Waals surface area contributed by atoms with Crippen LogP contribution in [0.15, 0.2) is 0 Å². The third-order valence-electron chi connectivity index (χ3n) is 3.02. The van der Waals surface area contributed by atoms with Crippen molar-refractivity contribution in [3.63, 3.8) is 0 Å². The van der Waals surface area contributed by atoms with E-state index in [0.717, 1.165) is 19.6 Å². The quantitative estimate of drug-likeness (QED) is 0.713. The molecule has 16 heavy (non-hydrogen) atoms. The lowest BCUT2D eigenvalue weighted by Gasteiger charge is -2.36. The van der Waals surface area contributed by atoms with Crippen molar-refractivity contribution in [3.8, 4) is 0 Å². The van der Waals surface area contributed by atoms with Crippen molar-refractivity contribution in [2.75, 3.05) is 26.2 Å². The summed E-state index contributed by atoms with van der Waals surface area (Å²) in [7, 11) is 0. The number of morpholine rings is 1. The normalized spacial score (nSPS) is 40.1. The van der Waals surface area contributed by atoms with E-state index in [1.807, 2.05) is 13.8 Å². The average molecular weight is 229 g/mol. The lowest BCUT2D eigenvalue weighted by molar-refractivity contribution is -0.144. The molecule has 0 spiro atoms. The second-order valence-electron chi connectivity index (χ2n) is 5.43. The summed E-state index contributed by atoms with van der Waals surface area (Å²) in [6.45, 7) is 11.8. The molecular weight excluding hydrogens is 206 g/mol. The summed E-state index contributed by atoms with van der Waals surface area (Å²) in [5.41, 5.74) is 0. The molecule has 94 valence electrons. The van der Waals surface area contributed by atoms with E-state index in [0.29, 0.717) is 18.8 Å². The van der Waals surface area contributed by atoms with Crippen LogP contribution in [0.4, 0.5) is 0 Å². The van der Waals surface area contributed by atoms with Gasteiger partial charge in [-0.15, -0.1) is 0 Å². The van der Waals surface area contributed by atoms with Crippen molar-refractivity contribution in [2.45, 2.75) is 51.8 Å². The topological polar surface area (TPSA) is 30.9 Å². The third kappa shape index (κ3) is 3.17. The number of ether oxygens (including phenoxy) is 3. The molecule has 2 rings (SSSR count). The van der Waals surface area contributed by atoms with Gasteiger partial charge in [-0.3, -0.25) is 4.90 Å². The Morgan fingerprint density at radius 2 is 1.81 bits per heavy atom. The zero-order chi connectivity index (χ0) is 11.8. The summed E-state index contributed by atoms with van der Waals surface area (Å²) in [5.74, 6) is -0.409. The predicted molar refractivity (Wildman–Crippen MR) is 61.4 cm³/mol. The fourth-order valence-electron chi connectivity index (χ4n) is 2.57. The maximum atomic E-state index is 5.82. The zero-order valence-electron chi connectivity index (χ0n) is 10.7. The molecule has 4 nitrogen and oxygen atoms in total. The van der Waals surface area contributed by atoms with Gasteiger partial charge >= 0.3 is 0 Å². The summed E-state index contributed by atoms with van der Waals surface area (Å²) in [5, 5.41) is 0. The van der Waals surface area contributed by atoms with E-state index >= 15 is 0 Å². The fourth-order valence-corrected chi connectivity index (χ4v) is 2.57. The largest absolute Gasteiger partial charge is 0.373 e. The van der Waals surface area contributed by atoms with Crippen LogP contribution in [0.1, 0.15) is 27.7 Å². The first-order chi connectivity index (χ1) is 7.44. The predicted octanol–water partition coefficient (Wildman–Crippen LogP) is 1.25. The molecule has 2 aliphatic rings. The Morgan fingerprint density at radius 3 is 2.31 bits per heavy atom. The SMILES string of the molecule is C[C@@H]1CN(C[C@@H]2COC(C)(C)O2)C[C@H](C)O1. The summed E-state index contributed by atoms with van der Waals surface area (Å²) in [4.78, 5) is 2.41. The molecule has 0 amide bonds. The number of hydrogen-bond acceptors (Lipinski definition) is 4. The summed E-state index contributed by atoms with van der Waals surface area (Å²) < 4.78 is 17.1. The first kappa shape index (κ1) is 12.3. The van der Waals surface area contributed by atoms with Crippen LogP contribution in [0.5, 0.6) is 0 Å².